The van der Waals surface area contributed by atoms with Gasteiger partial charge >= 0.3 is 6.18 Å². The molecule has 7 heteroatoms. The van der Waals surface area contributed by atoms with E-state index in [9.17, 15) is 13.2 Å². The highest BCUT2D eigenvalue weighted by Gasteiger charge is 2.37. The second kappa shape index (κ2) is 5.29. The van der Waals surface area contributed by atoms with Crippen molar-refractivity contribution < 1.29 is 17.7 Å². The highest BCUT2D eigenvalue weighted by Crippen LogP contribution is 2.26. The van der Waals surface area contributed by atoms with Gasteiger partial charge in [-0.05, 0) is 19.9 Å². The molecule has 1 rings (SSSR count). The summed E-state index contributed by atoms with van der Waals surface area (Å²) >= 11 is 0. The lowest BCUT2D eigenvalue weighted by atomic mass is 10.2. The molecule has 16 heavy (non-hydrogen) atoms. The van der Waals surface area contributed by atoms with E-state index in [1.165, 1.54) is 0 Å². The van der Waals surface area contributed by atoms with Crippen LogP contribution < -0.4 is 5.32 Å². The predicted molar refractivity (Wildman–Crippen MR) is 50.8 cm³/mol. The van der Waals surface area contributed by atoms with E-state index < -0.39 is 12.0 Å². The van der Waals surface area contributed by atoms with E-state index >= 15 is 0 Å². The first-order valence-electron chi connectivity index (χ1n) is 5.06. The average Bonchev–Trinajstić information content (AvgIpc) is 2.62. The Labute approximate surface area is 91.2 Å². The summed E-state index contributed by atoms with van der Waals surface area (Å²) < 4.78 is 40.9. The maximum Gasteiger partial charge on any atom is 0.455 e. The summed E-state index contributed by atoms with van der Waals surface area (Å²) in [6, 6.07) is 0.0153. The van der Waals surface area contributed by atoms with Crippen LogP contribution in [0.3, 0.4) is 0 Å². The topological polar surface area (TPSA) is 51.0 Å². The second-order valence-electron chi connectivity index (χ2n) is 3.57. The number of rotatable bonds is 5. The van der Waals surface area contributed by atoms with Crippen molar-refractivity contribution in [2.45, 2.75) is 38.9 Å². The third-order valence-corrected chi connectivity index (χ3v) is 1.95. The first-order valence-corrected chi connectivity index (χ1v) is 5.06. The smallest absolute Gasteiger partial charge is 0.339 e. The Hall–Kier alpha value is -1.11. The summed E-state index contributed by atoms with van der Waals surface area (Å²) in [7, 11) is 0. The van der Waals surface area contributed by atoms with Gasteiger partial charge in [0.2, 0.25) is 5.89 Å². The van der Waals surface area contributed by atoms with Crippen LogP contribution in [0.25, 0.3) is 0 Å². The van der Waals surface area contributed by atoms with Gasteiger partial charge in [-0.2, -0.15) is 18.2 Å². The largest absolute Gasteiger partial charge is 0.455 e. The minimum absolute atomic E-state index is 0.00317. The first kappa shape index (κ1) is 13.0. The number of nitrogens with one attached hydrogen (secondary N) is 1. The summed E-state index contributed by atoms with van der Waals surface area (Å²) in [6.07, 6.45) is -3.28. The molecular formula is C9H14F3N3O. The summed E-state index contributed by atoms with van der Waals surface area (Å²) in [5.41, 5.74) is 0. The van der Waals surface area contributed by atoms with Gasteiger partial charge < -0.3 is 9.84 Å². The quantitative estimate of drug-likeness (QED) is 0.851. The highest BCUT2D eigenvalue weighted by molar-refractivity contribution is 4.92. The Morgan fingerprint density at radius 1 is 1.44 bits per heavy atom. The van der Waals surface area contributed by atoms with Crippen LogP contribution in [0.15, 0.2) is 4.52 Å². The number of halogens is 3. The van der Waals surface area contributed by atoms with Gasteiger partial charge in [0.15, 0.2) is 0 Å². The van der Waals surface area contributed by atoms with Crippen molar-refractivity contribution in [2.24, 2.45) is 0 Å². The van der Waals surface area contributed by atoms with Gasteiger partial charge in [0, 0.05) is 12.5 Å². The monoisotopic (exact) mass is 237 g/mol. The van der Waals surface area contributed by atoms with E-state index in [-0.39, 0.29) is 11.9 Å². The molecule has 1 unspecified atom stereocenters. The average molecular weight is 237 g/mol. The summed E-state index contributed by atoms with van der Waals surface area (Å²) in [6.45, 7) is 4.67. The summed E-state index contributed by atoms with van der Waals surface area (Å²) in [5, 5.41) is 6.00. The van der Waals surface area contributed by atoms with Crippen LogP contribution in [-0.4, -0.2) is 22.7 Å². The maximum atomic E-state index is 12.1. The molecule has 0 aliphatic rings. The third kappa shape index (κ3) is 3.80. The molecule has 1 heterocycles. The molecule has 0 aliphatic heterocycles. The lowest BCUT2D eigenvalue weighted by Crippen LogP contribution is -2.28. The fraction of sp³-hybridized carbons (Fsp3) is 0.778. The highest BCUT2D eigenvalue weighted by atomic mass is 19.4. The van der Waals surface area contributed by atoms with Gasteiger partial charge in [0.05, 0.1) is 0 Å². The van der Waals surface area contributed by atoms with Crippen molar-refractivity contribution in [3.8, 4) is 0 Å². The van der Waals surface area contributed by atoms with E-state index in [4.69, 9.17) is 0 Å². The molecule has 4 nitrogen and oxygen atoms in total. The van der Waals surface area contributed by atoms with Crippen molar-refractivity contribution in [1.29, 1.82) is 0 Å². The van der Waals surface area contributed by atoms with Crippen LogP contribution in [-0.2, 0) is 12.6 Å². The molecule has 1 aromatic heterocycles. The van der Waals surface area contributed by atoms with E-state index in [0.29, 0.717) is 6.42 Å². The molecule has 0 saturated carbocycles. The Morgan fingerprint density at radius 3 is 2.62 bits per heavy atom. The molecular weight excluding hydrogens is 223 g/mol. The maximum absolute atomic E-state index is 12.1. The van der Waals surface area contributed by atoms with Gasteiger partial charge in [0.1, 0.15) is 0 Å². The van der Waals surface area contributed by atoms with Crippen LogP contribution in [0, 0.1) is 0 Å². The molecule has 1 aromatic rings. The fourth-order valence-electron chi connectivity index (χ4n) is 1.18. The molecule has 0 spiro atoms. The van der Waals surface area contributed by atoms with Gasteiger partial charge in [0.25, 0.3) is 5.82 Å². The molecule has 92 valence electrons. The molecule has 0 aromatic carbocycles. The Bertz CT molecular complexity index is 324. The molecule has 0 fully saturated rings. The SMILES string of the molecule is CCCNC(C)Cc1nc(C(F)(F)F)no1. The minimum atomic E-state index is -4.54. The molecule has 0 aliphatic carbocycles. The molecule has 0 bridgehead atoms. The Morgan fingerprint density at radius 2 is 2.12 bits per heavy atom. The van der Waals surface area contributed by atoms with E-state index in [1.54, 1.807) is 0 Å². The first-order chi connectivity index (χ1) is 7.43. The zero-order valence-corrected chi connectivity index (χ0v) is 9.14. The molecule has 0 radical (unpaired) electrons. The number of nitrogens with zero attached hydrogens (tertiary/aromatic N) is 2. The molecule has 1 atom stereocenters. The van der Waals surface area contributed by atoms with Crippen molar-refractivity contribution in [1.82, 2.24) is 15.5 Å². The Kier molecular flexibility index (Phi) is 4.28. The summed E-state index contributed by atoms with van der Waals surface area (Å²) in [4.78, 5) is 3.29. The standard InChI is InChI=1S/C9H14F3N3O/c1-3-4-13-6(2)5-7-14-8(15-16-7)9(10,11)12/h6,13H,3-5H2,1-2H3. The fourth-order valence-corrected chi connectivity index (χ4v) is 1.18. The predicted octanol–water partition coefficient (Wildman–Crippen LogP) is 2.02. The molecule has 0 saturated heterocycles. The molecule has 0 amide bonds. The second-order valence-corrected chi connectivity index (χ2v) is 3.57. The normalized spacial score (nSPS) is 14.1. The van der Waals surface area contributed by atoms with Crippen molar-refractivity contribution in [3.05, 3.63) is 11.7 Å². The van der Waals surface area contributed by atoms with Crippen LogP contribution in [0.4, 0.5) is 13.2 Å². The zero-order valence-electron chi connectivity index (χ0n) is 9.14. The lowest BCUT2D eigenvalue weighted by molar-refractivity contribution is -0.146. The van der Waals surface area contributed by atoms with Crippen LogP contribution in [0.1, 0.15) is 32.0 Å². The van der Waals surface area contributed by atoms with Crippen molar-refractivity contribution >= 4 is 0 Å². The number of alkyl halides is 3. The van der Waals surface area contributed by atoms with Crippen LogP contribution >= 0.6 is 0 Å². The third-order valence-electron chi connectivity index (χ3n) is 1.95. The summed E-state index contributed by atoms with van der Waals surface area (Å²) in [5.74, 6) is -1.21. The van der Waals surface area contributed by atoms with Gasteiger partial charge in [-0.1, -0.05) is 12.1 Å². The number of aromatic nitrogens is 2. The number of hydrogen-bond donors (Lipinski definition) is 1. The van der Waals surface area contributed by atoms with Gasteiger partial charge in [-0.3, -0.25) is 0 Å². The van der Waals surface area contributed by atoms with E-state index in [0.717, 1.165) is 13.0 Å². The van der Waals surface area contributed by atoms with Gasteiger partial charge in [-0.15, -0.1) is 0 Å². The van der Waals surface area contributed by atoms with E-state index in [1.807, 2.05) is 13.8 Å². The zero-order chi connectivity index (χ0) is 12.2. The lowest BCUT2D eigenvalue weighted by Gasteiger charge is -2.09. The van der Waals surface area contributed by atoms with Gasteiger partial charge in [-0.25, -0.2) is 0 Å². The Balaban J connectivity index is 2.52. The van der Waals surface area contributed by atoms with Crippen molar-refractivity contribution in [2.75, 3.05) is 6.54 Å². The number of hydrogen-bond acceptors (Lipinski definition) is 4. The van der Waals surface area contributed by atoms with Crippen LogP contribution in [0.5, 0.6) is 0 Å². The van der Waals surface area contributed by atoms with E-state index in [2.05, 4.69) is 20.0 Å². The van der Waals surface area contributed by atoms with Crippen LogP contribution in [0.2, 0.25) is 0 Å². The minimum Gasteiger partial charge on any atom is -0.339 e. The molecule has 1 N–H and O–H groups in total. The van der Waals surface area contributed by atoms with Crippen molar-refractivity contribution in [3.63, 3.8) is 0 Å².